The van der Waals surface area contributed by atoms with E-state index >= 15 is 0 Å². The Balaban J connectivity index is 1.73. The molecular weight excluding hydrogens is 458 g/mol. The molecule has 2 fully saturated rings. The van der Waals surface area contributed by atoms with Crippen molar-refractivity contribution in [3.8, 4) is 0 Å². The van der Waals surface area contributed by atoms with Gasteiger partial charge in [0.2, 0.25) is 0 Å². The standard InChI is InChI=1S/C25H30F2N4O2S/c1-28-23-19(24(33)31-11-9-30(2)10-12-31)14-18(15-20(23)25(16-32)7-3-4-8-25)29-34-22-6-5-17(26)13-21(22)27/h5-6,13-16,28-29H,3-4,7-12H2,1-2H3. The van der Waals surface area contributed by atoms with E-state index in [1.807, 2.05) is 18.0 Å². The van der Waals surface area contributed by atoms with Gasteiger partial charge >= 0.3 is 0 Å². The highest BCUT2D eigenvalue weighted by Crippen LogP contribution is 2.45. The molecule has 2 aromatic rings. The third kappa shape index (κ3) is 4.90. The van der Waals surface area contributed by atoms with Gasteiger partial charge in [-0.25, -0.2) is 8.78 Å². The lowest BCUT2D eigenvalue weighted by atomic mass is 9.78. The molecular formula is C25H30F2N4O2S. The number of benzene rings is 2. The third-order valence-corrected chi connectivity index (χ3v) is 7.73. The lowest BCUT2D eigenvalue weighted by Gasteiger charge is -2.34. The summed E-state index contributed by atoms with van der Waals surface area (Å²) < 4.78 is 30.6. The molecule has 6 nitrogen and oxygen atoms in total. The molecule has 0 radical (unpaired) electrons. The number of anilines is 2. The summed E-state index contributed by atoms with van der Waals surface area (Å²) in [5, 5.41) is 3.19. The van der Waals surface area contributed by atoms with Crippen LogP contribution in [0.3, 0.4) is 0 Å². The maximum atomic E-state index is 14.2. The summed E-state index contributed by atoms with van der Waals surface area (Å²) >= 11 is 1.00. The minimum absolute atomic E-state index is 0.0978. The van der Waals surface area contributed by atoms with Gasteiger partial charge in [-0.2, -0.15) is 0 Å². The van der Waals surface area contributed by atoms with Gasteiger partial charge in [-0.15, -0.1) is 0 Å². The molecule has 0 bridgehead atoms. The number of nitrogens with one attached hydrogen (secondary N) is 2. The Morgan fingerprint density at radius 1 is 1.09 bits per heavy atom. The zero-order valence-corrected chi connectivity index (χ0v) is 20.3. The van der Waals surface area contributed by atoms with E-state index in [1.54, 1.807) is 13.1 Å². The largest absolute Gasteiger partial charge is 0.387 e. The lowest BCUT2D eigenvalue weighted by Crippen LogP contribution is -2.47. The minimum atomic E-state index is -0.668. The van der Waals surface area contributed by atoms with Crippen molar-refractivity contribution < 1.29 is 18.4 Å². The average Bonchev–Trinajstić information content (AvgIpc) is 3.33. The van der Waals surface area contributed by atoms with Gasteiger partial charge in [0.05, 0.1) is 21.6 Å². The van der Waals surface area contributed by atoms with E-state index in [9.17, 15) is 18.4 Å². The van der Waals surface area contributed by atoms with Crippen LogP contribution in [0, 0.1) is 11.6 Å². The molecule has 1 amide bonds. The molecule has 1 saturated carbocycles. The van der Waals surface area contributed by atoms with E-state index in [4.69, 9.17) is 0 Å². The Morgan fingerprint density at radius 3 is 2.41 bits per heavy atom. The quantitative estimate of drug-likeness (QED) is 0.441. The summed E-state index contributed by atoms with van der Waals surface area (Å²) in [5.74, 6) is -1.41. The van der Waals surface area contributed by atoms with Gasteiger partial charge in [-0.05, 0) is 61.7 Å². The summed E-state index contributed by atoms with van der Waals surface area (Å²) in [4.78, 5) is 30.2. The second-order valence-electron chi connectivity index (χ2n) is 9.05. The fourth-order valence-corrected chi connectivity index (χ4v) is 5.48. The van der Waals surface area contributed by atoms with Gasteiger partial charge < -0.3 is 24.6 Å². The zero-order valence-electron chi connectivity index (χ0n) is 19.5. The number of rotatable bonds is 7. The number of carbonyl (C=O) groups excluding carboxylic acids is 2. The smallest absolute Gasteiger partial charge is 0.256 e. The Bertz CT molecular complexity index is 1070. The first kappa shape index (κ1) is 24.5. The molecule has 4 rings (SSSR count). The molecule has 0 spiro atoms. The number of halogens is 2. The summed E-state index contributed by atoms with van der Waals surface area (Å²) in [5.41, 5.74) is 1.86. The van der Waals surface area contributed by atoms with Crippen molar-refractivity contribution in [2.45, 2.75) is 36.0 Å². The molecule has 2 N–H and O–H groups in total. The molecule has 0 unspecified atom stereocenters. The molecule has 34 heavy (non-hydrogen) atoms. The second-order valence-corrected chi connectivity index (χ2v) is 9.90. The number of likely N-dealkylation sites (N-methyl/N-ethyl adjacent to an activating group) is 1. The SMILES string of the molecule is CNc1c(C(=O)N2CCN(C)CC2)cc(NSc2ccc(F)cc2F)cc1C1(C=O)CCCC1. The molecule has 1 heterocycles. The topological polar surface area (TPSA) is 64.7 Å². The van der Waals surface area contributed by atoms with Crippen molar-refractivity contribution in [1.29, 1.82) is 0 Å². The third-order valence-electron chi connectivity index (χ3n) is 6.84. The molecule has 182 valence electrons. The molecule has 0 atom stereocenters. The van der Waals surface area contributed by atoms with Crippen LogP contribution in [0.1, 0.15) is 41.6 Å². The summed E-state index contributed by atoms with van der Waals surface area (Å²) in [6.07, 6.45) is 4.33. The number of carbonyl (C=O) groups is 2. The first-order valence-corrected chi connectivity index (χ1v) is 12.4. The van der Waals surface area contributed by atoms with Crippen LogP contribution in [-0.2, 0) is 10.2 Å². The first-order chi connectivity index (χ1) is 16.4. The van der Waals surface area contributed by atoms with E-state index in [1.165, 1.54) is 12.1 Å². The van der Waals surface area contributed by atoms with Crippen molar-refractivity contribution in [2.24, 2.45) is 0 Å². The van der Waals surface area contributed by atoms with Gasteiger partial charge in [0, 0.05) is 45.0 Å². The molecule has 0 aromatic heterocycles. The molecule has 1 saturated heterocycles. The first-order valence-electron chi connectivity index (χ1n) is 11.6. The summed E-state index contributed by atoms with van der Waals surface area (Å²) in [6, 6.07) is 7.02. The van der Waals surface area contributed by atoms with Crippen molar-refractivity contribution in [1.82, 2.24) is 9.80 Å². The van der Waals surface area contributed by atoms with Gasteiger partial charge in [-0.1, -0.05) is 12.8 Å². The number of amides is 1. The van der Waals surface area contributed by atoms with E-state index in [0.29, 0.717) is 30.0 Å². The van der Waals surface area contributed by atoms with Crippen LogP contribution >= 0.6 is 11.9 Å². The summed E-state index contributed by atoms with van der Waals surface area (Å²) in [6.45, 7) is 2.84. The lowest BCUT2D eigenvalue weighted by molar-refractivity contribution is -0.112. The van der Waals surface area contributed by atoms with Crippen molar-refractivity contribution in [2.75, 3.05) is 50.3 Å². The maximum absolute atomic E-state index is 14.2. The van der Waals surface area contributed by atoms with Gasteiger partial charge in [0.15, 0.2) is 0 Å². The van der Waals surface area contributed by atoms with Crippen molar-refractivity contribution in [3.63, 3.8) is 0 Å². The highest BCUT2D eigenvalue weighted by atomic mass is 32.2. The highest BCUT2D eigenvalue weighted by molar-refractivity contribution is 8.00. The number of nitrogens with zero attached hydrogens (tertiary/aromatic N) is 2. The molecule has 1 aliphatic carbocycles. The van der Waals surface area contributed by atoms with Gasteiger partial charge in [0.1, 0.15) is 17.9 Å². The van der Waals surface area contributed by atoms with E-state index < -0.39 is 17.0 Å². The zero-order chi connectivity index (χ0) is 24.3. The number of piperazine rings is 1. The fraction of sp³-hybridized carbons (Fsp3) is 0.440. The van der Waals surface area contributed by atoms with Crippen LogP contribution in [0.4, 0.5) is 20.2 Å². The van der Waals surface area contributed by atoms with Crippen LogP contribution in [0.15, 0.2) is 35.2 Å². The van der Waals surface area contributed by atoms with Crippen molar-refractivity contribution >= 4 is 35.5 Å². The average molecular weight is 489 g/mol. The minimum Gasteiger partial charge on any atom is -0.387 e. The number of hydrogen-bond donors (Lipinski definition) is 2. The van der Waals surface area contributed by atoms with E-state index in [-0.39, 0.29) is 10.8 Å². The Kier molecular flexibility index (Phi) is 7.42. The normalized spacial score (nSPS) is 18.1. The molecule has 2 aliphatic rings. The van der Waals surface area contributed by atoms with Crippen LogP contribution in [0.2, 0.25) is 0 Å². The van der Waals surface area contributed by atoms with Crippen LogP contribution in [0.5, 0.6) is 0 Å². The Hall–Kier alpha value is -2.65. The Labute approximate surface area is 203 Å². The van der Waals surface area contributed by atoms with Crippen LogP contribution in [-0.4, -0.2) is 62.3 Å². The number of aldehydes is 1. The Morgan fingerprint density at radius 2 is 1.79 bits per heavy atom. The van der Waals surface area contributed by atoms with Crippen molar-refractivity contribution in [3.05, 3.63) is 53.1 Å². The fourth-order valence-electron chi connectivity index (χ4n) is 4.84. The predicted octanol–water partition coefficient (Wildman–Crippen LogP) is 4.52. The van der Waals surface area contributed by atoms with Crippen LogP contribution in [0.25, 0.3) is 0 Å². The molecule has 1 aliphatic heterocycles. The van der Waals surface area contributed by atoms with E-state index in [0.717, 1.165) is 68.6 Å². The van der Waals surface area contributed by atoms with Crippen LogP contribution < -0.4 is 10.0 Å². The monoisotopic (exact) mass is 488 g/mol. The molecule has 9 heteroatoms. The maximum Gasteiger partial charge on any atom is 0.256 e. The highest BCUT2D eigenvalue weighted by Gasteiger charge is 2.39. The summed E-state index contributed by atoms with van der Waals surface area (Å²) in [7, 11) is 3.80. The predicted molar refractivity (Wildman–Crippen MR) is 131 cm³/mol. The van der Waals surface area contributed by atoms with E-state index in [2.05, 4.69) is 14.9 Å². The molecule has 2 aromatic carbocycles. The number of hydrogen-bond acceptors (Lipinski definition) is 6. The second kappa shape index (κ2) is 10.3. The van der Waals surface area contributed by atoms with Gasteiger partial charge in [0.25, 0.3) is 5.91 Å². The van der Waals surface area contributed by atoms with Gasteiger partial charge in [-0.3, -0.25) is 4.79 Å².